The molecular weight excluding hydrogens is 261 g/mol. The minimum absolute atomic E-state index is 0.0352. The van der Waals surface area contributed by atoms with Crippen molar-refractivity contribution in [3.63, 3.8) is 0 Å². The van der Waals surface area contributed by atoms with Gasteiger partial charge in [0.2, 0.25) is 0 Å². The first-order valence-corrected chi connectivity index (χ1v) is 6.29. The van der Waals surface area contributed by atoms with E-state index in [-0.39, 0.29) is 5.02 Å². The van der Waals surface area contributed by atoms with Gasteiger partial charge in [-0.3, -0.25) is 0 Å². The monoisotopic (exact) mass is 271 g/mol. The molecule has 1 aromatic heterocycles. The Morgan fingerprint density at radius 1 is 1.47 bits per heavy atom. The number of nitrogens with zero attached hydrogens (tertiary/aromatic N) is 1. The van der Waals surface area contributed by atoms with Crippen LogP contribution in [0.2, 0.25) is 5.02 Å². The van der Waals surface area contributed by atoms with Crippen LogP contribution in [0.25, 0.3) is 0 Å². The standard InChI is InChI=1S/C11H11ClFN3S/c12-7-5-9(14)10(6-8(7)13)15-2-1-11-16-3-4-17-11/h3-6,15H,1-2,14H2. The lowest BCUT2D eigenvalue weighted by Gasteiger charge is -2.09. The number of halogens is 2. The Hall–Kier alpha value is -1.33. The van der Waals surface area contributed by atoms with Crippen molar-refractivity contribution in [3.05, 3.63) is 39.6 Å². The number of nitrogens with one attached hydrogen (secondary N) is 1. The van der Waals surface area contributed by atoms with Crippen LogP contribution in [-0.2, 0) is 6.42 Å². The van der Waals surface area contributed by atoms with Gasteiger partial charge in [-0.25, -0.2) is 9.37 Å². The summed E-state index contributed by atoms with van der Waals surface area (Å²) in [7, 11) is 0. The summed E-state index contributed by atoms with van der Waals surface area (Å²) >= 11 is 7.20. The van der Waals surface area contributed by atoms with Crippen molar-refractivity contribution in [3.8, 4) is 0 Å². The summed E-state index contributed by atoms with van der Waals surface area (Å²) in [4.78, 5) is 4.15. The summed E-state index contributed by atoms with van der Waals surface area (Å²) in [6.45, 7) is 0.652. The van der Waals surface area contributed by atoms with Crippen molar-refractivity contribution >= 4 is 34.3 Å². The lowest BCUT2D eigenvalue weighted by atomic mass is 10.2. The highest BCUT2D eigenvalue weighted by Crippen LogP contribution is 2.26. The van der Waals surface area contributed by atoms with Crippen LogP contribution in [0.5, 0.6) is 0 Å². The van der Waals surface area contributed by atoms with E-state index in [0.29, 0.717) is 17.9 Å². The molecule has 3 nitrogen and oxygen atoms in total. The zero-order valence-corrected chi connectivity index (χ0v) is 10.5. The molecule has 0 fully saturated rings. The van der Waals surface area contributed by atoms with Gasteiger partial charge in [0.25, 0.3) is 0 Å². The molecule has 1 aromatic carbocycles. The van der Waals surface area contributed by atoms with E-state index in [2.05, 4.69) is 10.3 Å². The van der Waals surface area contributed by atoms with Gasteiger partial charge in [0.15, 0.2) is 0 Å². The fourth-order valence-electron chi connectivity index (χ4n) is 1.40. The normalized spacial score (nSPS) is 10.5. The molecule has 0 unspecified atom stereocenters. The van der Waals surface area contributed by atoms with E-state index in [1.54, 1.807) is 17.5 Å². The maximum Gasteiger partial charge on any atom is 0.143 e. The molecule has 2 rings (SSSR count). The fraction of sp³-hybridized carbons (Fsp3) is 0.182. The summed E-state index contributed by atoms with van der Waals surface area (Å²) < 4.78 is 13.2. The molecule has 90 valence electrons. The molecule has 0 aliphatic rings. The minimum atomic E-state index is -0.474. The van der Waals surface area contributed by atoms with E-state index >= 15 is 0 Å². The Kier molecular flexibility index (Phi) is 3.81. The first-order valence-electron chi connectivity index (χ1n) is 5.03. The molecule has 0 atom stereocenters. The molecular formula is C11H11ClFN3S. The van der Waals surface area contributed by atoms with Crippen LogP contribution in [0.15, 0.2) is 23.7 Å². The van der Waals surface area contributed by atoms with Crippen molar-refractivity contribution in [1.29, 1.82) is 0 Å². The summed E-state index contributed by atoms with van der Waals surface area (Å²) in [5.41, 5.74) is 6.72. The van der Waals surface area contributed by atoms with Crippen molar-refractivity contribution in [1.82, 2.24) is 4.98 Å². The molecule has 17 heavy (non-hydrogen) atoms. The van der Waals surface area contributed by atoms with Crippen LogP contribution in [0, 0.1) is 5.82 Å². The highest BCUT2D eigenvalue weighted by atomic mass is 35.5. The second-order valence-electron chi connectivity index (χ2n) is 3.46. The molecule has 0 radical (unpaired) electrons. The molecule has 2 aromatic rings. The predicted molar refractivity (Wildman–Crippen MR) is 70.1 cm³/mol. The van der Waals surface area contributed by atoms with Gasteiger partial charge >= 0.3 is 0 Å². The Morgan fingerprint density at radius 3 is 3.00 bits per heavy atom. The number of aromatic nitrogens is 1. The van der Waals surface area contributed by atoms with Crippen LogP contribution >= 0.6 is 22.9 Å². The summed E-state index contributed by atoms with van der Waals surface area (Å²) in [5.74, 6) is -0.474. The highest BCUT2D eigenvalue weighted by Gasteiger charge is 2.06. The van der Waals surface area contributed by atoms with Crippen LogP contribution in [-0.4, -0.2) is 11.5 Å². The van der Waals surface area contributed by atoms with Gasteiger partial charge < -0.3 is 11.1 Å². The number of nitrogen functional groups attached to an aromatic ring is 1. The third-order valence-electron chi connectivity index (χ3n) is 2.23. The summed E-state index contributed by atoms with van der Waals surface area (Å²) in [6.07, 6.45) is 2.54. The summed E-state index contributed by atoms with van der Waals surface area (Å²) in [5, 5.41) is 6.05. The lowest BCUT2D eigenvalue weighted by Crippen LogP contribution is -2.07. The van der Waals surface area contributed by atoms with Gasteiger partial charge in [0, 0.05) is 30.6 Å². The number of benzene rings is 1. The number of hydrogen-bond donors (Lipinski definition) is 2. The van der Waals surface area contributed by atoms with Gasteiger partial charge in [-0.05, 0) is 6.07 Å². The molecule has 6 heteroatoms. The van der Waals surface area contributed by atoms with Crippen molar-refractivity contribution in [2.45, 2.75) is 6.42 Å². The van der Waals surface area contributed by atoms with Crippen molar-refractivity contribution < 1.29 is 4.39 Å². The topological polar surface area (TPSA) is 50.9 Å². The van der Waals surface area contributed by atoms with E-state index in [9.17, 15) is 4.39 Å². The van der Waals surface area contributed by atoms with Gasteiger partial charge in [0.05, 0.1) is 21.4 Å². The van der Waals surface area contributed by atoms with E-state index in [0.717, 1.165) is 11.4 Å². The highest BCUT2D eigenvalue weighted by molar-refractivity contribution is 7.09. The Morgan fingerprint density at radius 2 is 2.29 bits per heavy atom. The third kappa shape index (κ3) is 3.08. The van der Waals surface area contributed by atoms with Gasteiger partial charge in [-0.15, -0.1) is 11.3 Å². The van der Waals surface area contributed by atoms with E-state index < -0.39 is 5.82 Å². The average Bonchev–Trinajstić information content (AvgIpc) is 2.78. The van der Waals surface area contributed by atoms with Crippen molar-refractivity contribution in [2.75, 3.05) is 17.6 Å². The van der Waals surface area contributed by atoms with Gasteiger partial charge in [-0.1, -0.05) is 11.6 Å². The van der Waals surface area contributed by atoms with E-state index in [1.165, 1.54) is 12.1 Å². The first kappa shape index (κ1) is 12.1. The van der Waals surface area contributed by atoms with Crippen LogP contribution in [0.1, 0.15) is 5.01 Å². The number of anilines is 2. The molecule has 0 aliphatic heterocycles. The maximum atomic E-state index is 13.2. The number of rotatable bonds is 4. The van der Waals surface area contributed by atoms with E-state index in [1.807, 2.05) is 5.38 Å². The van der Waals surface area contributed by atoms with Crippen LogP contribution in [0.3, 0.4) is 0 Å². The molecule has 0 saturated carbocycles. The fourth-order valence-corrected chi connectivity index (χ4v) is 2.19. The second-order valence-corrected chi connectivity index (χ2v) is 4.84. The molecule has 0 amide bonds. The zero-order chi connectivity index (χ0) is 12.3. The molecule has 3 N–H and O–H groups in total. The second kappa shape index (κ2) is 5.33. The average molecular weight is 272 g/mol. The smallest absolute Gasteiger partial charge is 0.143 e. The van der Waals surface area contributed by atoms with Crippen LogP contribution < -0.4 is 11.1 Å². The number of nitrogens with two attached hydrogens (primary N) is 1. The summed E-state index contributed by atoms with van der Waals surface area (Å²) in [6, 6.07) is 2.71. The Labute approximate surface area is 107 Å². The Balaban J connectivity index is 1.97. The number of hydrogen-bond acceptors (Lipinski definition) is 4. The molecule has 0 saturated heterocycles. The minimum Gasteiger partial charge on any atom is -0.397 e. The first-order chi connectivity index (χ1) is 8.16. The van der Waals surface area contributed by atoms with Crippen molar-refractivity contribution in [2.24, 2.45) is 0 Å². The lowest BCUT2D eigenvalue weighted by molar-refractivity contribution is 0.629. The zero-order valence-electron chi connectivity index (χ0n) is 8.91. The maximum absolute atomic E-state index is 13.2. The third-order valence-corrected chi connectivity index (χ3v) is 3.36. The number of thiazole rings is 1. The van der Waals surface area contributed by atoms with Crippen LogP contribution in [0.4, 0.5) is 15.8 Å². The van der Waals surface area contributed by atoms with Gasteiger partial charge in [-0.2, -0.15) is 0 Å². The molecule has 0 aliphatic carbocycles. The molecule has 1 heterocycles. The largest absolute Gasteiger partial charge is 0.397 e. The Bertz CT molecular complexity index is 502. The predicted octanol–water partition coefficient (Wildman–Crippen LogP) is 3.17. The van der Waals surface area contributed by atoms with Gasteiger partial charge in [0.1, 0.15) is 5.82 Å². The molecule has 0 bridgehead atoms. The SMILES string of the molecule is Nc1cc(Cl)c(F)cc1NCCc1nccs1. The van der Waals surface area contributed by atoms with E-state index in [4.69, 9.17) is 17.3 Å². The quantitative estimate of drug-likeness (QED) is 0.840. The molecule has 0 spiro atoms.